The maximum atomic E-state index is 12.5. The summed E-state index contributed by atoms with van der Waals surface area (Å²) in [6, 6.07) is 4.90. The van der Waals surface area contributed by atoms with Gasteiger partial charge in [0.15, 0.2) is 5.78 Å². The van der Waals surface area contributed by atoms with Crippen molar-refractivity contribution >= 4 is 33.3 Å². The summed E-state index contributed by atoms with van der Waals surface area (Å²) in [5.41, 5.74) is 0.769. The topological polar surface area (TPSA) is 48.4 Å². The zero-order valence-electron chi connectivity index (χ0n) is 10.8. The lowest BCUT2D eigenvalue weighted by Gasteiger charge is -2.13. The molecule has 2 rings (SSSR count). The van der Waals surface area contributed by atoms with Gasteiger partial charge in [-0.05, 0) is 34.1 Å². The van der Waals surface area contributed by atoms with Crippen LogP contribution in [-0.4, -0.2) is 25.0 Å². The second-order valence-electron chi connectivity index (χ2n) is 3.85. The van der Waals surface area contributed by atoms with Gasteiger partial charge in [0.2, 0.25) is 0 Å². The van der Waals surface area contributed by atoms with Crippen LogP contribution < -0.4 is 9.47 Å². The Hall–Kier alpha value is -1.59. The molecule has 4 nitrogen and oxygen atoms in total. The van der Waals surface area contributed by atoms with Gasteiger partial charge in [0, 0.05) is 18.0 Å². The van der Waals surface area contributed by atoms with E-state index in [4.69, 9.17) is 21.1 Å². The predicted octanol–water partition coefficient (Wildman–Crippen LogP) is 3.75. The highest BCUT2D eigenvalue weighted by atomic mass is 79.9. The van der Waals surface area contributed by atoms with E-state index in [1.54, 1.807) is 25.3 Å². The largest absolute Gasteiger partial charge is 0.495 e. The lowest BCUT2D eigenvalue weighted by Crippen LogP contribution is -2.06. The lowest BCUT2D eigenvalue weighted by atomic mass is 10.0. The number of hydrogen-bond donors (Lipinski definition) is 0. The van der Waals surface area contributed by atoms with Crippen molar-refractivity contribution in [2.75, 3.05) is 14.2 Å². The minimum absolute atomic E-state index is 0.238. The van der Waals surface area contributed by atoms with E-state index < -0.39 is 0 Å². The van der Waals surface area contributed by atoms with Crippen LogP contribution in [0.2, 0.25) is 5.02 Å². The van der Waals surface area contributed by atoms with Crippen molar-refractivity contribution in [2.45, 2.75) is 0 Å². The summed E-state index contributed by atoms with van der Waals surface area (Å²) in [5, 5.41) is 0.298. The molecule has 1 aromatic carbocycles. The fourth-order valence-corrected chi connectivity index (χ4v) is 2.65. The summed E-state index contributed by atoms with van der Waals surface area (Å²) < 4.78 is 11.1. The second kappa shape index (κ2) is 6.24. The molecule has 0 atom stereocenters. The molecule has 0 radical (unpaired) electrons. The molecule has 0 fully saturated rings. The summed E-state index contributed by atoms with van der Waals surface area (Å²) in [5.74, 6) is 0.749. The molecular formula is C14H11BrClNO3. The molecule has 1 aromatic heterocycles. The molecule has 0 bridgehead atoms. The summed E-state index contributed by atoms with van der Waals surface area (Å²) >= 11 is 9.37. The van der Waals surface area contributed by atoms with Crippen LogP contribution in [0.3, 0.4) is 0 Å². The number of ketones is 1. The molecule has 20 heavy (non-hydrogen) atoms. The molecule has 0 saturated heterocycles. The second-order valence-corrected chi connectivity index (χ2v) is 5.05. The third-order valence-electron chi connectivity index (χ3n) is 2.75. The molecule has 1 heterocycles. The first-order valence-corrected chi connectivity index (χ1v) is 6.82. The number of methoxy groups -OCH3 is 2. The summed E-state index contributed by atoms with van der Waals surface area (Å²) in [6.07, 6.45) is 2.95. The smallest absolute Gasteiger partial charge is 0.198 e. The fraction of sp³-hybridized carbons (Fsp3) is 0.143. The van der Waals surface area contributed by atoms with Crippen LogP contribution in [0.4, 0.5) is 0 Å². The minimum Gasteiger partial charge on any atom is -0.495 e. The van der Waals surface area contributed by atoms with Gasteiger partial charge in [-0.3, -0.25) is 9.78 Å². The number of aromatic nitrogens is 1. The fourth-order valence-electron chi connectivity index (χ4n) is 1.78. The van der Waals surface area contributed by atoms with Crippen molar-refractivity contribution in [2.24, 2.45) is 0 Å². The molecule has 0 aliphatic rings. The minimum atomic E-state index is -0.238. The van der Waals surface area contributed by atoms with Gasteiger partial charge < -0.3 is 9.47 Å². The average molecular weight is 357 g/mol. The Kier molecular flexibility index (Phi) is 4.62. The highest BCUT2D eigenvalue weighted by Crippen LogP contribution is 2.38. The van der Waals surface area contributed by atoms with Crippen molar-refractivity contribution in [1.82, 2.24) is 4.98 Å². The Bertz CT molecular complexity index is 661. The average Bonchev–Trinajstić information content (AvgIpc) is 2.46. The Morgan fingerprint density at radius 2 is 1.95 bits per heavy atom. The van der Waals surface area contributed by atoms with Crippen LogP contribution in [0.5, 0.6) is 11.5 Å². The maximum Gasteiger partial charge on any atom is 0.198 e. The van der Waals surface area contributed by atoms with E-state index in [1.165, 1.54) is 19.5 Å². The number of pyridine rings is 1. The van der Waals surface area contributed by atoms with Crippen molar-refractivity contribution in [3.8, 4) is 11.5 Å². The Labute approximate surface area is 129 Å². The molecule has 0 N–H and O–H groups in total. The lowest BCUT2D eigenvalue weighted by molar-refractivity contribution is 0.103. The molecule has 104 valence electrons. The van der Waals surface area contributed by atoms with Gasteiger partial charge in [-0.1, -0.05) is 11.6 Å². The zero-order chi connectivity index (χ0) is 14.7. The summed E-state index contributed by atoms with van der Waals surface area (Å²) in [4.78, 5) is 16.4. The van der Waals surface area contributed by atoms with Crippen molar-refractivity contribution in [3.63, 3.8) is 0 Å². The van der Waals surface area contributed by atoms with Gasteiger partial charge >= 0.3 is 0 Å². The molecule has 0 amide bonds. The van der Waals surface area contributed by atoms with Gasteiger partial charge in [-0.15, -0.1) is 0 Å². The van der Waals surface area contributed by atoms with E-state index in [0.29, 0.717) is 32.1 Å². The van der Waals surface area contributed by atoms with Crippen molar-refractivity contribution in [3.05, 3.63) is 51.2 Å². The van der Waals surface area contributed by atoms with Crippen molar-refractivity contribution < 1.29 is 14.3 Å². The third kappa shape index (κ3) is 2.64. The molecule has 0 unspecified atom stereocenters. The highest BCUT2D eigenvalue weighted by Gasteiger charge is 2.21. The van der Waals surface area contributed by atoms with Crippen LogP contribution in [0.25, 0.3) is 0 Å². The zero-order valence-corrected chi connectivity index (χ0v) is 13.2. The third-order valence-corrected chi connectivity index (χ3v) is 3.80. The Balaban J connectivity index is 2.56. The number of carbonyl (C=O) groups excluding carboxylic acids is 1. The normalized spacial score (nSPS) is 10.2. The number of carbonyl (C=O) groups is 1. The molecule has 0 aliphatic carbocycles. The maximum absolute atomic E-state index is 12.5. The molecule has 2 aromatic rings. The standard InChI is InChI=1S/C14H11BrClNO3/c1-19-11-4-3-9(14(20-2)12(11)15)13(18)8-5-6-17-7-10(8)16/h3-7H,1-2H3. The van der Waals surface area contributed by atoms with Gasteiger partial charge in [-0.25, -0.2) is 0 Å². The Morgan fingerprint density at radius 3 is 2.55 bits per heavy atom. The Morgan fingerprint density at radius 1 is 1.20 bits per heavy atom. The van der Waals surface area contributed by atoms with E-state index in [1.807, 2.05) is 0 Å². The van der Waals surface area contributed by atoms with E-state index in [-0.39, 0.29) is 5.78 Å². The van der Waals surface area contributed by atoms with E-state index in [2.05, 4.69) is 20.9 Å². The number of hydrogen-bond acceptors (Lipinski definition) is 4. The number of nitrogens with zero attached hydrogens (tertiary/aromatic N) is 1. The molecule has 6 heteroatoms. The number of rotatable bonds is 4. The first kappa shape index (κ1) is 14.8. The van der Waals surface area contributed by atoms with Gasteiger partial charge in [0.25, 0.3) is 0 Å². The van der Waals surface area contributed by atoms with Crippen LogP contribution >= 0.6 is 27.5 Å². The number of ether oxygens (including phenoxy) is 2. The molecular weight excluding hydrogens is 346 g/mol. The predicted molar refractivity (Wildman–Crippen MR) is 79.9 cm³/mol. The summed E-state index contributed by atoms with van der Waals surface area (Å²) in [6.45, 7) is 0. The van der Waals surface area contributed by atoms with Crippen LogP contribution in [0.15, 0.2) is 35.1 Å². The highest BCUT2D eigenvalue weighted by molar-refractivity contribution is 9.10. The van der Waals surface area contributed by atoms with Crippen LogP contribution in [-0.2, 0) is 0 Å². The first-order chi connectivity index (χ1) is 9.60. The monoisotopic (exact) mass is 355 g/mol. The van der Waals surface area contributed by atoms with E-state index in [9.17, 15) is 4.79 Å². The molecule has 0 spiro atoms. The SMILES string of the molecule is COc1ccc(C(=O)c2ccncc2Cl)c(OC)c1Br. The van der Waals surface area contributed by atoms with Gasteiger partial charge in [0.1, 0.15) is 16.0 Å². The van der Waals surface area contributed by atoms with E-state index >= 15 is 0 Å². The van der Waals surface area contributed by atoms with Gasteiger partial charge in [0.05, 0.1) is 24.8 Å². The number of benzene rings is 1. The van der Waals surface area contributed by atoms with Crippen LogP contribution in [0.1, 0.15) is 15.9 Å². The van der Waals surface area contributed by atoms with E-state index in [0.717, 1.165) is 0 Å². The molecule has 0 aliphatic heterocycles. The van der Waals surface area contributed by atoms with Crippen LogP contribution in [0, 0.1) is 0 Å². The molecule has 0 saturated carbocycles. The van der Waals surface area contributed by atoms with Crippen molar-refractivity contribution in [1.29, 1.82) is 0 Å². The quantitative estimate of drug-likeness (QED) is 0.783. The first-order valence-electron chi connectivity index (χ1n) is 5.64. The van der Waals surface area contributed by atoms with Gasteiger partial charge in [-0.2, -0.15) is 0 Å². The summed E-state index contributed by atoms with van der Waals surface area (Å²) in [7, 11) is 3.03. The number of halogens is 2.